The number of nitrogens with zero attached hydrogens (tertiary/aromatic N) is 2. The summed E-state index contributed by atoms with van der Waals surface area (Å²) < 4.78 is 1.73. The van der Waals surface area contributed by atoms with Crippen LogP contribution in [-0.4, -0.2) is 20.5 Å². The Kier molecular flexibility index (Phi) is 2.60. The lowest BCUT2D eigenvalue weighted by Crippen LogP contribution is -1.98. The third-order valence-corrected chi connectivity index (χ3v) is 2.43. The second-order valence-corrected chi connectivity index (χ2v) is 3.63. The molecule has 2 aromatic heterocycles. The minimum Gasteiger partial charge on any atom is -0.481 e. The largest absolute Gasteiger partial charge is 0.481 e. The molecule has 1 N–H and O–H groups in total. The van der Waals surface area contributed by atoms with E-state index in [9.17, 15) is 4.79 Å². The van der Waals surface area contributed by atoms with E-state index in [1.54, 1.807) is 10.6 Å². The number of halogens is 1. The summed E-state index contributed by atoms with van der Waals surface area (Å²) in [6, 6.07) is 3.69. The fourth-order valence-electron chi connectivity index (χ4n) is 1.39. The molecule has 0 amide bonds. The molecule has 2 aromatic rings. The van der Waals surface area contributed by atoms with Crippen LogP contribution in [0.15, 0.2) is 24.5 Å². The molecule has 0 aliphatic carbocycles. The highest BCUT2D eigenvalue weighted by Crippen LogP contribution is 2.14. The van der Waals surface area contributed by atoms with E-state index in [-0.39, 0.29) is 6.42 Å². The first-order valence-corrected chi connectivity index (χ1v) is 4.88. The van der Waals surface area contributed by atoms with E-state index in [0.717, 1.165) is 11.2 Å². The molecule has 5 heteroatoms. The molecule has 0 aliphatic heterocycles. The van der Waals surface area contributed by atoms with E-state index in [1.165, 1.54) is 0 Å². The van der Waals surface area contributed by atoms with E-state index in [0.29, 0.717) is 11.6 Å². The predicted octanol–water partition coefficient (Wildman–Crippen LogP) is 2.00. The third-order valence-electron chi connectivity index (χ3n) is 2.15. The van der Waals surface area contributed by atoms with Crippen LogP contribution in [0.4, 0.5) is 0 Å². The van der Waals surface area contributed by atoms with Crippen LogP contribution in [0.5, 0.6) is 0 Å². The summed E-state index contributed by atoms with van der Waals surface area (Å²) in [6.07, 6.45) is 4.00. The SMILES string of the molecule is O=C(O)CCc1ccc2ncc(Cl)n2c1. The topological polar surface area (TPSA) is 54.6 Å². The Balaban J connectivity index is 2.29. The second kappa shape index (κ2) is 3.90. The zero-order valence-electron chi connectivity index (χ0n) is 7.85. The first kappa shape index (κ1) is 9.98. The van der Waals surface area contributed by atoms with Crippen LogP contribution in [0.3, 0.4) is 0 Å². The normalized spacial score (nSPS) is 10.7. The third kappa shape index (κ3) is 2.10. The van der Waals surface area contributed by atoms with Gasteiger partial charge in [-0.05, 0) is 18.1 Å². The van der Waals surface area contributed by atoms with Gasteiger partial charge in [0.25, 0.3) is 0 Å². The van der Waals surface area contributed by atoms with Gasteiger partial charge in [0.15, 0.2) is 0 Å². The number of fused-ring (bicyclic) bond motifs is 1. The van der Waals surface area contributed by atoms with Crippen molar-refractivity contribution in [3.63, 3.8) is 0 Å². The highest BCUT2D eigenvalue weighted by atomic mass is 35.5. The number of carboxylic acids is 1. The van der Waals surface area contributed by atoms with Gasteiger partial charge in [0.05, 0.1) is 6.20 Å². The van der Waals surface area contributed by atoms with Crippen LogP contribution in [0.25, 0.3) is 5.65 Å². The maximum atomic E-state index is 10.4. The zero-order valence-corrected chi connectivity index (χ0v) is 8.61. The minimum atomic E-state index is -0.799. The van der Waals surface area contributed by atoms with Gasteiger partial charge in [-0.2, -0.15) is 0 Å². The van der Waals surface area contributed by atoms with Gasteiger partial charge < -0.3 is 5.11 Å². The standard InChI is InChI=1S/C10H9ClN2O2/c11-8-5-12-9-3-1-7(6-13(8)9)2-4-10(14)15/h1,3,5-6H,2,4H2,(H,14,15). The summed E-state index contributed by atoms with van der Waals surface area (Å²) in [5.41, 5.74) is 1.70. The number of rotatable bonds is 3. The Bertz CT molecular complexity index is 507. The van der Waals surface area contributed by atoms with Gasteiger partial charge >= 0.3 is 5.97 Å². The Morgan fingerprint density at radius 1 is 1.53 bits per heavy atom. The van der Waals surface area contributed by atoms with Crippen molar-refractivity contribution in [2.75, 3.05) is 0 Å². The molecule has 0 aliphatic rings. The maximum Gasteiger partial charge on any atom is 0.303 e. The van der Waals surface area contributed by atoms with Crippen molar-refractivity contribution in [3.05, 3.63) is 35.2 Å². The average molecular weight is 225 g/mol. The lowest BCUT2D eigenvalue weighted by Gasteiger charge is -2.00. The van der Waals surface area contributed by atoms with Crippen molar-refractivity contribution in [3.8, 4) is 0 Å². The summed E-state index contributed by atoms with van der Waals surface area (Å²) in [5, 5.41) is 9.09. The number of carbonyl (C=O) groups is 1. The van der Waals surface area contributed by atoms with Crippen molar-refractivity contribution in [1.29, 1.82) is 0 Å². The number of pyridine rings is 1. The summed E-state index contributed by atoms with van der Waals surface area (Å²) in [6.45, 7) is 0. The molecule has 2 rings (SSSR count). The molecule has 0 bridgehead atoms. The number of aliphatic carboxylic acids is 1. The number of hydrogen-bond acceptors (Lipinski definition) is 2. The van der Waals surface area contributed by atoms with Gasteiger partial charge in [0.2, 0.25) is 0 Å². The average Bonchev–Trinajstić information content (AvgIpc) is 2.57. The first-order chi connectivity index (χ1) is 7.16. The lowest BCUT2D eigenvalue weighted by atomic mass is 10.1. The quantitative estimate of drug-likeness (QED) is 0.868. The van der Waals surface area contributed by atoms with Gasteiger partial charge in [-0.3, -0.25) is 9.20 Å². The van der Waals surface area contributed by atoms with Gasteiger partial charge in [0, 0.05) is 12.6 Å². The smallest absolute Gasteiger partial charge is 0.303 e. The fraction of sp³-hybridized carbons (Fsp3) is 0.200. The number of carboxylic acid groups (broad SMARTS) is 1. The molecule has 0 aromatic carbocycles. The van der Waals surface area contributed by atoms with Crippen LogP contribution >= 0.6 is 11.6 Å². The van der Waals surface area contributed by atoms with Crippen molar-refractivity contribution in [1.82, 2.24) is 9.38 Å². The molecule has 0 fully saturated rings. The molecule has 0 saturated heterocycles. The summed E-state index contributed by atoms with van der Waals surface area (Å²) >= 11 is 5.89. The molecule has 2 heterocycles. The molecular weight excluding hydrogens is 216 g/mol. The Labute approximate surface area is 91.1 Å². The highest BCUT2D eigenvalue weighted by molar-refractivity contribution is 6.29. The summed E-state index contributed by atoms with van der Waals surface area (Å²) in [4.78, 5) is 14.5. The molecule has 0 unspecified atom stereocenters. The van der Waals surface area contributed by atoms with E-state index in [2.05, 4.69) is 4.98 Å². The highest BCUT2D eigenvalue weighted by Gasteiger charge is 2.03. The van der Waals surface area contributed by atoms with Crippen molar-refractivity contribution < 1.29 is 9.90 Å². The molecule has 15 heavy (non-hydrogen) atoms. The van der Waals surface area contributed by atoms with Crippen molar-refractivity contribution in [2.45, 2.75) is 12.8 Å². The summed E-state index contributed by atoms with van der Waals surface area (Å²) in [5.74, 6) is -0.799. The predicted molar refractivity (Wildman–Crippen MR) is 56.2 cm³/mol. The number of hydrogen-bond donors (Lipinski definition) is 1. The molecule has 0 spiro atoms. The number of aromatic nitrogens is 2. The molecular formula is C10H9ClN2O2. The molecule has 78 valence electrons. The fourth-order valence-corrected chi connectivity index (χ4v) is 1.58. The van der Waals surface area contributed by atoms with E-state index in [4.69, 9.17) is 16.7 Å². The Morgan fingerprint density at radius 2 is 2.33 bits per heavy atom. The monoisotopic (exact) mass is 224 g/mol. The van der Waals surface area contributed by atoms with Gasteiger partial charge in [-0.1, -0.05) is 17.7 Å². The van der Waals surface area contributed by atoms with Crippen LogP contribution in [-0.2, 0) is 11.2 Å². The second-order valence-electron chi connectivity index (χ2n) is 3.24. The summed E-state index contributed by atoms with van der Waals surface area (Å²) in [7, 11) is 0. The number of imidazole rings is 1. The first-order valence-electron chi connectivity index (χ1n) is 4.50. The van der Waals surface area contributed by atoms with Crippen LogP contribution < -0.4 is 0 Å². The van der Waals surface area contributed by atoms with E-state index >= 15 is 0 Å². The zero-order chi connectivity index (χ0) is 10.8. The molecule has 0 radical (unpaired) electrons. The molecule has 0 atom stereocenters. The van der Waals surface area contributed by atoms with Crippen LogP contribution in [0, 0.1) is 0 Å². The van der Waals surface area contributed by atoms with Crippen molar-refractivity contribution >= 4 is 23.2 Å². The van der Waals surface area contributed by atoms with Crippen LogP contribution in [0.2, 0.25) is 5.15 Å². The van der Waals surface area contributed by atoms with E-state index in [1.807, 2.05) is 18.3 Å². The van der Waals surface area contributed by atoms with Gasteiger partial charge in [0.1, 0.15) is 10.8 Å². The molecule has 4 nitrogen and oxygen atoms in total. The van der Waals surface area contributed by atoms with Gasteiger partial charge in [-0.25, -0.2) is 4.98 Å². The Morgan fingerprint density at radius 3 is 3.07 bits per heavy atom. The van der Waals surface area contributed by atoms with E-state index < -0.39 is 5.97 Å². The minimum absolute atomic E-state index is 0.123. The van der Waals surface area contributed by atoms with Gasteiger partial charge in [-0.15, -0.1) is 0 Å². The number of aryl methyl sites for hydroxylation is 1. The van der Waals surface area contributed by atoms with Crippen molar-refractivity contribution in [2.24, 2.45) is 0 Å². The van der Waals surface area contributed by atoms with Crippen LogP contribution in [0.1, 0.15) is 12.0 Å². The molecule has 0 saturated carbocycles. The Hall–Kier alpha value is -1.55. The maximum absolute atomic E-state index is 10.4. The lowest BCUT2D eigenvalue weighted by molar-refractivity contribution is -0.136.